The molecule has 7 heteroatoms. The van der Waals surface area contributed by atoms with Gasteiger partial charge in [-0.05, 0) is 11.1 Å². The van der Waals surface area contributed by atoms with Crippen molar-refractivity contribution in [1.82, 2.24) is 10.6 Å². The van der Waals surface area contributed by atoms with E-state index >= 15 is 0 Å². The minimum absolute atomic E-state index is 0.230. The molecule has 0 bridgehead atoms. The van der Waals surface area contributed by atoms with Crippen LogP contribution in [-0.2, 0) is 38.3 Å². The molecule has 2 rings (SSSR count). The van der Waals surface area contributed by atoms with Gasteiger partial charge >= 0.3 is 31.0 Å². The fourth-order valence-electron chi connectivity index (χ4n) is 1.54. The molecule has 2 aromatic rings. The normalized spacial score (nSPS) is 8.40. The molecule has 2 nitrogen and oxygen atoms in total. The molecule has 0 radical (unpaired) electrons. The van der Waals surface area contributed by atoms with Gasteiger partial charge in [-0.25, -0.2) is 0 Å². The summed E-state index contributed by atoms with van der Waals surface area (Å²) in [5, 5.41) is 5.82. The summed E-state index contributed by atoms with van der Waals surface area (Å²) < 4.78 is 0.850. The fraction of sp³-hybridized carbons (Fsp3) is 0.222. The van der Waals surface area contributed by atoms with E-state index in [0.717, 1.165) is 13.1 Å². The van der Waals surface area contributed by atoms with E-state index in [4.69, 9.17) is 49.7 Å². The zero-order chi connectivity index (χ0) is 18.9. The Kier molecular flexibility index (Phi) is 16.5. The predicted octanol–water partition coefficient (Wildman–Crippen LogP) is 4.00. The van der Waals surface area contributed by atoms with Gasteiger partial charge in [0.15, 0.2) is 0 Å². The molecular weight excluding hydrogens is 491 g/mol. The van der Waals surface area contributed by atoms with Crippen LogP contribution in [0, 0.1) is 0 Å². The molecule has 0 spiro atoms. The van der Waals surface area contributed by atoms with Crippen LogP contribution in [0.3, 0.4) is 0 Å². The second kappa shape index (κ2) is 16.9. The van der Waals surface area contributed by atoms with Crippen molar-refractivity contribution in [2.75, 3.05) is 0 Å². The van der Waals surface area contributed by atoms with Gasteiger partial charge in [-0.1, -0.05) is 69.3 Å². The van der Waals surface area contributed by atoms with Crippen LogP contribution in [-0.4, -0.2) is 29.8 Å². The van der Waals surface area contributed by atoms with Gasteiger partial charge in [0, 0.05) is 13.1 Å². The van der Waals surface area contributed by atoms with Gasteiger partial charge in [0.2, 0.25) is 0 Å². The molecule has 0 heterocycles. The summed E-state index contributed by atoms with van der Waals surface area (Å²) in [6, 6.07) is 20.0. The standard InChI is InChI=1S/2C8H9NS2.2CH3.Sn/c2*10-8(11)9-6-7-4-2-1-3-5-7;;;/h2*1-5H,6H2,(H2,9,10,11);2*1H3;/q;;;;+2/p-2. The molecule has 0 aliphatic carbocycles. The van der Waals surface area contributed by atoms with Gasteiger partial charge < -0.3 is 60.3 Å². The van der Waals surface area contributed by atoms with E-state index in [1.54, 1.807) is 0 Å². The predicted molar refractivity (Wildman–Crippen MR) is 124 cm³/mol. The van der Waals surface area contributed by atoms with E-state index in [1.165, 1.54) is 11.1 Å². The van der Waals surface area contributed by atoms with Gasteiger partial charge in [0.25, 0.3) is 0 Å². The van der Waals surface area contributed by atoms with Crippen LogP contribution >= 0.6 is 24.4 Å². The Morgan fingerprint density at radius 2 is 1.04 bits per heavy atom. The molecule has 0 amide bonds. The second-order valence-corrected chi connectivity index (χ2v) is 9.76. The Balaban J connectivity index is 0.000000399. The Hall–Kier alpha value is -0.541. The summed E-state index contributed by atoms with van der Waals surface area (Å²) in [6.45, 7) is 1.45. The van der Waals surface area contributed by atoms with Crippen LogP contribution in [0.1, 0.15) is 11.1 Å². The molecule has 0 aromatic heterocycles. The molecule has 25 heavy (non-hydrogen) atoms. The van der Waals surface area contributed by atoms with E-state index in [0.29, 0.717) is 8.64 Å². The molecule has 2 N–H and O–H groups in total. The Morgan fingerprint density at radius 1 is 0.760 bits per heavy atom. The number of hydrogen-bond acceptors (Lipinski definition) is 4. The van der Waals surface area contributed by atoms with Gasteiger partial charge in [-0.15, -0.1) is 0 Å². The van der Waals surface area contributed by atoms with Crippen molar-refractivity contribution in [2.24, 2.45) is 0 Å². The van der Waals surface area contributed by atoms with Gasteiger partial charge in [0.05, 0.1) is 0 Å². The third kappa shape index (κ3) is 16.7. The quantitative estimate of drug-likeness (QED) is 0.365. The topological polar surface area (TPSA) is 24.1 Å². The molecule has 0 aliphatic heterocycles. The molecule has 2 aromatic carbocycles. The Labute approximate surface area is 183 Å². The molecule has 0 aliphatic rings. The monoisotopic (exact) mass is 514 g/mol. The summed E-state index contributed by atoms with van der Waals surface area (Å²) in [5.74, 6) is 0. The van der Waals surface area contributed by atoms with Crippen molar-refractivity contribution in [2.45, 2.75) is 23.0 Å². The van der Waals surface area contributed by atoms with Gasteiger partial charge in [-0.2, -0.15) is 0 Å². The average molecular weight is 513 g/mol. The van der Waals surface area contributed by atoms with Crippen molar-refractivity contribution in [1.29, 1.82) is 0 Å². The summed E-state index contributed by atoms with van der Waals surface area (Å²) >= 11 is 19.0. The van der Waals surface area contributed by atoms with Crippen molar-refractivity contribution >= 4 is 79.5 Å². The van der Waals surface area contributed by atoms with Crippen LogP contribution in [0.15, 0.2) is 60.7 Å². The van der Waals surface area contributed by atoms with Crippen LogP contribution in [0.5, 0.6) is 0 Å². The minimum atomic E-state index is 0.230. The van der Waals surface area contributed by atoms with E-state index < -0.39 is 0 Å². The SMILES string of the molecule is S=C([S-])NCc1ccccc1.S=C([S-])NCc1ccccc1.[CH3][Sn+2][CH3]. The van der Waals surface area contributed by atoms with Crippen molar-refractivity contribution in [3.8, 4) is 0 Å². The maximum atomic E-state index is 4.70. The first-order chi connectivity index (χ1) is 12.0. The first-order valence-corrected chi connectivity index (χ1v) is 14.9. The van der Waals surface area contributed by atoms with E-state index in [-0.39, 0.29) is 21.1 Å². The third-order valence-corrected chi connectivity index (χ3v) is 3.14. The van der Waals surface area contributed by atoms with Gasteiger partial charge in [0.1, 0.15) is 0 Å². The number of thiocarbonyl (C=S) groups is 2. The molecule has 0 saturated heterocycles. The molecular formula is C18H22N2S4Sn. The number of nitrogens with one attached hydrogen (secondary N) is 2. The third-order valence-electron chi connectivity index (χ3n) is 2.56. The molecule has 0 atom stereocenters. The first kappa shape index (κ1) is 24.5. The molecule has 132 valence electrons. The van der Waals surface area contributed by atoms with Crippen molar-refractivity contribution < 1.29 is 0 Å². The zero-order valence-corrected chi connectivity index (χ0v) is 20.4. The van der Waals surface area contributed by atoms with Crippen LogP contribution in [0.2, 0.25) is 9.88 Å². The molecule has 0 saturated carbocycles. The zero-order valence-electron chi connectivity index (χ0n) is 14.3. The fourth-order valence-corrected chi connectivity index (χ4v) is 1.83. The van der Waals surface area contributed by atoms with Gasteiger partial charge in [-0.3, -0.25) is 0 Å². The van der Waals surface area contributed by atoms with Crippen LogP contribution < -0.4 is 10.6 Å². The molecule has 0 unspecified atom stereocenters. The van der Waals surface area contributed by atoms with Crippen LogP contribution in [0.25, 0.3) is 0 Å². The summed E-state index contributed by atoms with van der Waals surface area (Å²) in [6.07, 6.45) is 0. The first-order valence-electron chi connectivity index (χ1n) is 7.55. The average Bonchev–Trinajstić information content (AvgIpc) is 2.61. The maximum absolute atomic E-state index is 4.70. The van der Waals surface area contributed by atoms with Crippen molar-refractivity contribution in [3.05, 3.63) is 71.8 Å². The number of benzene rings is 2. The van der Waals surface area contributed by atoms with E-state index in [2.05, 4.69) is 20.5 Å². The Bertz CT molecular complexity index is 541. The Morgan fingerprint density at radius 3 is 1.28 bits per heavy atom. The van der Waals surface area contributed by atoms with E-state index in [1.807, 2.05) is 60.7 Å². The summed E-state index contributed by atoms with van der Waals surface area (Å²) in [4.78, 5) is 4.59. The summed E-state index contributed by atoms with van der Waals surface area (Å²) in [7, 11) is 0. The summed E-state index contributed by atoms with van der Waals surface area (Å²) in [5.41, 5.74) is 2.39. The van der Waals surface area contributed by atoms with Crippen molar-refractivity contribution in [3.63, 3.8) is 0 Å². The number of hydrogen-bond donors (Lipinski definition) is 2. The van der Waals surface area contributed by atoms with Crippen LogP contribution in [0.4, 0.5) is 0 Å². The number of rotatable bonds is 4. The van der Waals surface area contributed by atoms with E-state index in [9.17, 15) is 0 Å². The molecule has 0 fully saturated rings. The second-order valence-electron chi connectivity index (χ2n) is 4.75.